The van der Waals surface area contributed by atoms with Crippen molar-refractivity contribution in [1.29, 1.82) is 0 Å². The Bertz CT molecular complexity index is 172. The number of alkyl halides is 1. The SMILES string of the molecule is [2H]Cc1noc(CCl)n1. The molecule has 0 radical (unpaired) electrons. The molecule has 0 saturated carbocycles. The summed E-state index contributed by atoms with van der Waals surface area (Å²) in [6, 6.07) is 0. The summed E-state index contributed by atoms with van der Waals surface area (Å²) in [4.78, 5) is 3.75. The van der Waals surface area contributed by atoms with Crippen molar-refractivity contribution in [3.05, 3.63) is 11.7 Å². The highest BCUT2D eigenvalue weighted by molar-refractivity contribution is 6.16. The molecule has 0 aliphatic heterocycles. The van der Waals surface area contributed by atoms with E-state index in [1.54, 1.807) is 0 Å². The van der Waals surface area contributed by atoms with E-state index in [0.717, 1.165) is 0 Å². The first-order chi connectivity index (χ1) is 4.36. The van der Waals surface area contributed by atoms with Gasteiger partial charge in [-0.25, -0.2) is 0 Å². The molecule has 0 amide bonds. The van der Waals surface area contributed by atoms with E-state index in [2.05, 4.69) is 14.7 Å². The summed E-state index contributed by atoms with van der Waals surface area (Å²) in [5.41, 5.74) is 0. The zero-order chi connectivity index (χ0) is 6.69. The molecule has 0 aliphatic carbocycles. The number of aryl methyl sites for hydroxylation is 1. The van der Waals surface area contributed by atoms with Gasteiger partial charge in [0.1, 0.15) is 5.88 Å². The predicted molar refractivity (Wildman–Crippen MR) is 28.6 cm³/mol. The van der Waals surface area contributed by atoms with Gasteiger partial charge < -0.3 is 4.52 Å². The number of rotatable bonds is 1. The molecule has 1 aromatic heterocycles. The Kier molecular flexibility index (Phi) is 1.15. The van der Waals surface area contributed by atoms with E-state index in [1.165, 1.54) is 0 Å². The lowest BCUT2D eigenvalue weighted by atomic mass is 10.7. The third-order valence-electron chi connectivity index (χ3n) is 0.624. The van der Waals surface area contributed by atoms with Crippen LogP contribution in [0.1, 0.15) is 13.1 Å². The molecule has 0 fully saturated rings. The average molecular weight is 134 g/mol. The van der Waals surface area contributed by atoms with Crippen LogP contribution in [0.2, 0.25) is 0 Å². The largest absolute Gasteiger partial charge is 0.338 e. The van der Waals surface area contributed by atoms with Crippen molar-refractivity contribution in [3.63, 3.8) is 0 Å². The van der Waals surface area contributed by atoms with Crippen LogP contribution < -0.4 is 0 Å². The minimum absolute atomic E-state index is 0.0421. The van der Waals surface area contributed by atoms with Crippen LogP contribution in [0.4, 0.5) is 0 Å². The van der Waals surface area contributed by atoms with Gasteiger partial charge in [-0.2, -0.15) is 4.98 Å². The van der Waals surface area contributed by atoms with Gasteiger partial charge in [0.25, 0.3) is 0 Å². The molecular formula is C4H5ClN2O. The summed E-state index contributed by atoms with van der Waals surface area (Å²) in [5.74, 6) is 0.970. The molecule has 1 heterocycles. The number of nitrogens with zero attached hydrogens (tertiary/aromatic N) is 2. The van der Waals surface area contributed by atoms with Crippen LogP contribution in [0.5, 0.6) is 0 Å². The highest BCUT2D eigenvalue weighted by Crippen LogP contribution is 1.97. The zero-order valence-corrected chi connectivity index (χ0v) is 4.85. The lowest BCUT2D eigenvalue weighted by Crippen LogP contribution is -1.74. The van der Waals surface area contributed by atoms with Crippen molar-refractivity contribution < 1.29 is 5.89 Å². The van der Waals surface area contributed by atoms with Gasteiger partial charge in [-0.3, -0.25) is 0 Å². The van der Waals surface area contributed by atoms with E-state index in [-0.39, 0.29) is 12.8 Å². The van der Waals surface area contributed by atoms with Crippen molar-refractivity contribution in [3.8, 4) is 0 Å². The molecule has 44 valence electrons. The van der Waals surface area contributed by atoms with Crippen LogP contribution in [-0.4, -0.2) is 10.1 Å². The van der Waals surface area contributed by atoms with Crippen molar-refractivity contribution in [2.45, 2.75) is 12.8 Å². The first kappa shape index (κ1) is 4.32. The quantitative estimate of drug-likeness (QED) is 0.539. The molecule has 0 N–H and O–H groups in total. The molecular weight excluding hydrogens is 128 g/mol. The molecule has 0 aliphatic rings. The number of hydrogen-bond donors (Lipinski definition) is 0. The van der Waals surface area contributed by atoms with E-state index in [9.17, 15) is 0 Å². The van der Waals surface area contributed by atoms with Gasteiger partial charge in [-0.15, -0.1) is 11.6 Å². The van der Waals surface area contributed by atoms with Gasteiger partial charge in [0, 0.05) is 1.37 Å². The molecule has 0 unspecified atom stereocenters. The Hall–Kier alpha value is -0.570. The minimum atomic E-state index is 0.0421. The maximum atomic E-state index is 6.80. The van der Waals surface area contributed by atoms with Gasteiger partial charge >= 0.3 is 0 Å². The zero-order valence-electron chi connectivity index (χ0n) is 5.09. The highest BCUT2D eigenvalue weighted by atomic mass is 35.5. The molecule has 1 aromatic rings. The molecule has 0 aromatic carbocycles. The van der Waals surface area contributed by atoms with Crippen molar-refractivity contribution in [2.24, 2.45) is 0 Å². The molecule has 3 nitrogen and oxygen atoms in total. The summed E-state index contributed by atoms with van der Waals surface area (Å²) < 4.78 is 11.4. The van der Waals surface area contributed by atoms with E-state index < -0.39 is 0 Å². The summed E-state index contributed by atoms with van der Waals surface area (Å²) >= 11 is 5.34. The molecule has 0 atom stereocenters. The van der Waals surface area contributed by atoms with E-state index >= 15 is 0 Å². The maximum absolute atomic E-state index is 6.80. The Morgan fingerprint density at radius 1 is 2.00 bits per heavy atom. The first-order valence-electron chi connectivity index (χ1n) is 2.74. The monoisotopic (exact) mass is 133 g/mol. The van der Waals surface area contributed by atoms with Gasteiger partial charge in [0.2, 0.25) is 5.89 Å². The normalized spacial score (nSPS) is 11.4. The third kappa shape index (κ3) is 0.980. The topological polar surface area (TPSA) is 38.9 Å². The van der Waals surface area contributed by atoms with Crippen LogP contribution in [0.3, 0.4) is 0 Å². The van der Waals surface area contributed by atoms with E-state index in [4.69, 9.17) is 13.0 Å². The van der Waals surface area contributed by atoms with Gasteiger partial charge in [-0.05, 0) is 6.90 Å². The van der Waals surface area contributed by atoms with Gasteiger partial charge in [0.15, 0.2) is 5.82 Å². The van der Waals surface area contributed by atoms with Crippen molar-refractivity contribution in [2.75, 3.05) is 0 Å². The first-order valence-corrected chi connectivity index (χ1v) is 2.57. The van der Waals surface area contributed by atoms with Gasteiger partial charge in [0.05, 0.1) is 0 Å². The van der Waals surface area contributed by atoms with E-state index in [1.807, 2.05) is 0 Å². The standard InChI is InChI=1S/C4H5ClN2O/c1-3-6-4(2-5)8-7-3/h2H2,1H3/i1D. The second-order valence-corrected chi connectivity index (χ2v) is 1.51. The summed E-state index contributed by atoms with van der Waals surface area (Å²) in [7, 11) is 0. The number of hydrogen-bond acceptors (Lipinski definition) is 3. The third-order valence-corrected chi connectivity index (χ3v) is 0.853. The predicted octanol–water partition coefficient (Wildman–Crippen LogP) is 1.12. The summed E-state index contributed by atoms with van der Waals surface area (Å²) in [6.45, 7) is 0.0421. The smallest absolute Gasteiger partial charge is 0.241 e. The van der Waals surface area contributed by atoms with Crippen molar-refractivity contribution in [1.82, 2.24) is 10.1 Å². The molecule has 4 heteroatoms. The van der Waals surface area contributed by atoms with Crippen molar-refractivity contribution >= 4 is 11.6 Å². The second-order valence-electron chi connectivity index (χ2n) is 1.24. The lowest BCUT2D eigenvalue weighted by molar-refractivity contribution is 0.386. The van der Waals surface area contributed by atoms with Crippen LogP contribution >= 0.6 is 11.6 Å². The average Bonchev–Trinajstić information content (AvgIpc) is 2.34. The molecule has 8 heavy (non-hydrogen) atoms. The van der Waals surface area contributed by atoms with Crippen LogP contribution in [0.15, 0.2) is 4.52 Å². The lowest BCUT2D eigenvalue weighted by Gasteiger charge is -1.73. The molecule has 1 rings (SSSR count). The fourth-order valence-electron chi connectivity index (χ4n) is 0.344. The van der Waals surface area contributed by atoms with E-state index in [0.29, 0.717) is 11.7 Å². The minimum Gasteiger partial charge on any atom is -0.338 e. The van der Waals surface area contributed by atoms with Crippen LogP contribution in [0, 0.1) is 6.90 Å². The summed E-state index contributed by atoms with van der Waals surface area (Å²) in [5, 5.41) is 3.45. The number of halogens is 1. The molecule has 0 saturated heterocycles. The second kappa shape index (κ2) is 2.13. The molecule has 0 bridgehead atoms. The fraction of sp³-hybridized carbons (Fsp3) is 0.500. The Morgan fingerprint density at radius 3 is 3.25 bits per heavy atom. The highest BCUT2D eigenvalue weighted by Gasteiger charge is 1.96. The fourth-order valence-corrected chi connectivity index (χ4v) is 0.453. The summed E-state index contributed by atoms with van der Waals surface area (Å²) in [6.07, 6.45) is 0. The number of aromatic nitrogens is 2. The molecule has 0 spiro atoms. The Balaban J connectivity index is 2.74. The Labute approximate surface area is 53.1 Å². The van der Waals surface area contributed by atoms with Gasteiger partial charge in [-0.1, -0.05) is 5.16 Å². The maximum Gasteiger partial charge on any atom is 0.241 e. The van der Waals surface area contributed by atoms with Crippen LogP contribution in [-0.2, 0) is 5.88 Å². The van der Waals surface area contributed by atoms with Crippen LogP contribution in [0.25, 0.3) is 0 Å². The Morgan fingerprint density at radius 2 is 2.88 bits per heavy atom.